The highest BCUT2D eigenvalue weighted by atomic mass is 19.1. The maximum atomic E-state index is 13.5. The van der Waals surface area contributed by atoms with Gasteiger partial charge in [-0.15, -0.1) is 0 Å². The smallest absolute Gasteiger partial charge is 0.251 e. The summed E-state index contributed by atoms with van der Waals surface area (Å²) in [6.45, 7) is 0.108. The fourth-order valence-corrected chi connectivity index (χ4v) is 2.34. The van der Waals surface area contributed by atoms with E-state index in [4.69, 9.17) is 9.47 Å². The first-order valence-corrected chi connectivity index (χ1v) is 8.05. The van der Waals surface area contributed by atoms with Crippen molar-refractivity contribution in [3.8, 4) is 11.5 Å². The first-order valence-electron chi connectivity index (χ1n) is 8.05. The Morgan fingerprint density at radius 1 is 1.00 bits per heavy atom. The van der Waals surface area contributed by atoms with Gasteiger partial charge in [0.05, 0.1) is 20.8 Å². The SMILES string of the molecule is COc1ccc(C(=O)NCC(=O)NCCc2ccccc2F)cc1OC. The maximum absolute atomic E-state index is 13.5. The lowest BCUT2D eigenvalue weighted by Crippen LogP contribution is -2.37. The van der Waals surface area contributed by atoms with Gasteiger partial charge in [0.15, 0.2) is 11.5 Å². The minimum atomic E-state index is -0.407. The minimum absolute atomic E-state index is 0.176. The van der Waals surface area contributed by atoms with E-state index >= 15 is 0 Å². The molecule has 2 aromatic rings. The zero-order valence-corrected chi connectivity index (χ0v) is 14.7. The van der Waals surface area contributed by atoms with E-state index in [1.54, 1.807) is 30.3 Å². The summed E-state index contributed by atoms with van der Waals surface area (Å²) >= 11 is 0. The van der Waals surface area contributed by atoms with E-state index in [1.807, 2.05) is 0 Å². The molecule has 0 fully saturated rings. The number of benzene rings is 2. The molecule has 0 saturated carbocycles. The molecule has 0 bridgehead atoms. The lowest BCUT2D eigenvalue weighted by Gasteiger charge is -2.10. The Bertz CT molecular complexity index is 780. The summed E-state index contributed by atoms with van der Waals surface area (Å²) in [5.41, 5.74) is 0.879. The topological polar surface area (TPSA) is 76.7 Å². The summed E-state index contributed by atoms with van der Waals surface area (Å²) in [6, 6.07) is 11.1. The van der Waals surface area contributed by atoms with Gasteiger partial charge in [0.1, 0.15) is 5.82 Å². The molecular weight excluding hydrogens is 339 g/mol. The number of methoxy groups -OCH3 is 2. The standard InChI is InChI=1S/C19H21FN2O4/c1-25-16-8-7-14(11-17(16)26-2)19(24)22-12-18(23)21-10-9-13-5-3-4-6-15(13)20/h3-8,11H,9-10,12H2,1-2H3,(H,21,23)(H,22,24). The molecule has 2 rings (SSSR count). The molecule has 7 heteroatoms. The van der Waals surface area contributed by atoms with Crippen LogP contribution in [-0.2, 0) is 11.2 Å². The number of hydrogen-bond acceptors (Lipinski definition) is 4. The predicted molar refractivity (Wildman–Crippen MR) is 95.0 cm³/mol. The van der Waals surface area contributed by atoms with E-state index in [1.165, 1.54) is 26.4 Å². The van der Waals surface area contributed by atoms with Crippen LogP contribution in [0.4, 0.5) is 4.39 Å². The van der Waals surface area contributed by atoms with Crippen molar-refractivity contribution in [1.82, 2.24) is 10.6 Å². The van der Waals surface area contributed by atoms with Gasteiger partial charge in [0.2, 0.25) is 5.91 Å². The number of carbonyl (C=O) groups is 2. The van der Waals surface area contributed by atoms with Crippen molar-refractivity contribution in [2.45, 2.75) is 6.42 Å². The molecule has 0 aromatic heterocycles. The summed E-state index contributed by atoms with van der Waals surface area (Å²) in [7, 11) is 2.98. The van der Waals surface area contributed by atoms with Gasteiger partial charge in [0, 0.05) is 12.1 Å². The molecule has 138 valence electrons. The summed E-state index contributed by atoms with van der Waals surface area (Å²) in [4.78, 5) is 23.9. The fourth-order valence-electron chi connectivity index (χ4n) is 2.34. The summed E-state index contributed by atoms with van der Waals surface area (Å²) in [5, 5.41) is 5.17. The van der Waals surface area contributed by atoms with Crippen LogP contribution in [0.15, 0.2) is 42.5 Å². The van der Waals surface area contributed by atoms with Gasteiger partial charge < -0.3 is 20.1 Å². The molecule has 2 amide bonds. The zero-order chi connectivity index (χ0) is 18.9. The average molecular weight is 360 g/mol. The lowest BCUT2D eigenvalue weighted by atomic mass is 10.1. The van der Waals surface area contributed by atoms with Crippen molar-refractivity contribution in [2.24, 2.45) is 0 Å². The summed E-state index contributed by atoms with van der Waals surface area (Å²) in [5.74, 6) is -0.127. The Hall–Kier alpha value is -3.09. The molecule has 0 heterocycles. The van der Waals surface area contributed by atoms with Crippen molar-refractivity contribution >= 4 is 11.8 Å². The molecule has 6 nitrogen and oxygen atoms in total. The number of ether oxygens (including phenoxy) is 2. The van der Waals surface area contributed by atoms with Crippen LogP contribution in [0, 0.1) is 5.82 Å². The number of nitrogens with one attached hydrogen (secondary N) is 2. The van der Waals surface area contributed by atoms with Crippen LogP contribution in [0.5, 0.6) is 11.5 Å². The van der Waals surface area contributed by atoms with E-state index in [0.717, 1.165) is 0 Å². The van der Waals surface area contributed by atoms with E-state index in [0.29, 0.717) is 29.0 Å². The molecule has 0 unspecified atom stereocenters. The van der Waals surface area contributed by atoms with Gasteiger partial charge >= 0.3 is 0 Å². The van der Waals surface area contributed by atoms with Crippen LogP contribution >= 0.6 is 0 Å². The number of halogens is 1. The van der Waals surface area contributed by atoms with E-state index in [-0.39, 0.29) is 24.8 Å². The molecular formula is C19H21FN2O4. The van der Waals surface area contributed by atoms with Gasteiger partial charge in [-0.3, -0.25) is 9.59 Å². The molecule has 0 spiro atoms. The second kappa shape index (κ2) is 9.41. The Labute approximate surface area is 151 Å². The van der Waals surface area contributed by atoms with Crippen LogP contribution in [-0.4, -0.2) is 39.1 Å². The van der Waals surface area contributed by atoms with Crippen molar-refractivity contribution < 1.29 is 23.5 Å². The molecule has 0 aliphatic rings. The largest absolute Gasteiger partial charge is 0.493 e. The number of hydrogen-bond donors (Lipinski definition) is 2. The lowest BCUT2D eigenvalue weighted by molar-refractivity contribution is -0.120. The molecule has 2 aromatic carbocycles. The van der Waals surface area contributed by atoms with Gasteiger partial charge in [-0.1, -0.05) is 18.2 Å². The normalized spacial score (nSPS) is 10.1. The summed E-state index contributed by atoms with van der Waals surface area (Å²) in [6.07, 6.45) is 0.377. The highest BCUT2D eigenvalue weighted by Gasteiger charge is 2.12. The van der Waals surface area contributed by atoms with Crippen LogP contribution < -0.4 is 20.1 Å². The van der Waals surface area contributed by atoms with E-state index in [2.05, 4.69) is 10.6 Å². The number of carbonyl (C=O) groups excluding carboxylic acids is 2. The van der Waals surface area contributed by atoms with Crippen LogP contribution in [0.2, 0.25) is 0 Å². The number of amides is 2. The Kier molecular flexibility index (Phi) is 6.96. The second-order valence-electron chi connectivity index (χ2n) is 5.44. The van der Waals surface area contributed by atoms with Gasteiger partial charge in [-0.2, -0.15) is 0 Å². The average Bonchev–Trinajstić information content (AvgIpc) is 2.67. The first-order chi connectivity index (χ1) is 12.5. The summed E-state index contributed by atoms with van der Waals surface area (Å²) < 4.78 is 23.7. The molecule has 0 aliphatic heterocycles. The fraction of sp³-hybridized carbons (Fsp3) is 0.263. The van der Waals surface area contributed by atoms with Gasteiger partial charge in [-0.05, 0) is 36.2 Å². The third-order valence-corrected chi connectivity index (χ3v) is 3.73. The minimum Gasteiger partial charge on any atom is -0.493 e. The Balaban J connectivity index is 1.80. The van der Waals surface area contributed by atoms with Crippen LogP contribution in [0.1, 0.15) is 15.9 Å². The second-order valence-corrected chi connectivity index (χ2v) is 5.44. The Morgan fingerprint density at radius 2 is 1.73 bits per heavy atom. The first kappa shape index (κ1) is 19.2. The van der Waals surface area contributed by atoms with Crippen molar-refractivity contribution in [2.75, 3.05) is 27.3 Å². The van der Waals surface area contributed by atoms with Crippen molar-refractivity contribution in [3.05, 3.63) is 59.4 Å². The molecule has 0 radical (unpaired) electrons. The predicted octanol–water partition coefficient (Wildman–Crippen LogP) is 1.93. The van der Waals surface area contributed by atoms with Gasteiger partial charge in [0.25, 0.3) is 5.91 Å². The van der Waals surface area contributed by atoms with Gasteiger partial charge in [-0.25, -0.2) is 4.39 Å². The highest BCUT2D eigenvalue weighted by molar-refractivity contribution is 5.97. The molecule has 2 N–H and O–H groups in total. The zero-order valence-electron chi connectivity index (χ0n) is 14.7. The molecule has 0 aliphatic carbocycles. The maximum Gasteiger partial charge on any atom is 0.251 e. The monoisotopic (exact) mass is 360 g/mol. The van der Waals surface area contributed by atoms with Crippen LogP contribution in [0.3, 0.4) is 0 Å². The third kappa shape index (κ3) is 5.20. The molecule has 0 saturated heterocycles. The number of rotatable bonds is 8. The molecule has 0 atom stereocenters. The van der Waals surface area contributed by atoms with E-state index in [9.17, 15) is 14.0 Å². The quantitative estimate of drug-likeness (QED) is 0.754. The van der Waals surface area contributed by atoms with E-state index < -0.39 is 5.91 Å². The Morgan fingerprint density at radius 3 is 2.42 bits per heavy atom. The third-order valence-electron chi connectivity index (χ3n) is 3.73. The van der Waals surface area contributed by atoms with Crippen LogP contribution in [0.25, 0.3) is 0 Å². The molecule has 26 heavy (non-hydrogen) atoms. The van der Waals surface area contributed by atoms with Crippen molar-refractivity contribution in [3.63, 3.8) is 0 Å². The highest BCUT2D eigenvalue weighted by Crippen LogP contribution is 2.27. The van der Waals surface area contributed by atoms with Crippen molar-refractivity contribution in [1.29, 1.82) is 0 Å².